The molecule has 2 aromatic rings. The molecule has 5 aliphatic rings. The van der Waals surface area contributed by atoms with E-state index in [1.165, 1.54) is 51.4 Å². The first-order chi connectivity index (χ1) is 18.0. The fraction of sp³-hybridized carbons (Fsp3) is 0.710. The minimum atomic E-state index is -0.204. The first kappa shape index (κ1) is 23.9. The second-order valence-electron chi connectivity index (χ2n) is 13.2. The fourth-order valence-corrected chi connectivity index (χ4v) is 9.34. The van der Waals surface area contributed by atoms with E-state index in [0.29, 0.717) is 17.9 Å². The third kappa shape index (κ3) is 4.05. The van der Waals surface area contributed by atoms with Gasteiger partial charge in [-0.25, -0.2) is 4.98 Å². The van der Waals surface area contributed by atoms with Crippen molar-refractivity contribution in [1.82, 2.24) is 14.5 Å². The van der Waals surface area contributed by atoms with Crippen molar-refractivity contribution >= 4 is 22.6 Å². The summed E-state index contributed by atoms with van der Waals surface area (Å²) in [6.45, 7) is 4.83. The number of ketones is 1. The van der Waals surface area contributed by atoms with E-state index < -0.39 is 0 Å². The largest absolute Gasteiger partial charge is 0.342 e. The number of rotatable bonds is 4. The Morgan fingerprint density at radius 2 is 1.57 bits per heavy atom. The van der Waals surface area contributed by atoms with Gasteiger partial charge < -0.3 is 9.47 Å². The van der Waals surface area contributed by atoms with E-state index in [1.54, 1.807) is 6.92 Å². The molecule has 5 fully saturated rings. The molecule has 198 valence electrons. The quantitative estimate of drug-likeness (QED) is 0.565. The van der Waals surface area contributed by atoms with Crippen LogP contribution in [0.5, 0.6) is 0 Å². The average molecular weight is 503 g/mol. The number of fused-ring (bicyclic) bond motifs is 5. The lowest BCUT2D eigenvalue weighted by molar-refractivity contribution is -0.119. The maximum atomic E-state index is 14.1. The molecule has 7 rings (SSSR count). The van der Waals surface area contributed by atoms with Gasteiger partial charge in [0.2, 0.25) is 0 Å². The summed E-state index contributed by atoms with van der Waals surface area (Å²) in [4.78, 5) is 36.0. The van der Waals surface area contributed by atoms with Gasteiger partial charge in [0.15, 0.2) is 11.6 Å². The maximum Gasteiger partial charge on any atom is 0.294 e. The fourth-order valence-electron chi connectivity index (χ4n) is 9.34. The van der Waals surface area contributed by atoms with E-state index in [0.717, 1.165) is 60.6 Å². The summed E-state index contributed by atoms with van der Waals surface area (Å²) < 4.78 is 2.09. The van der Waals surface area contributed by atoms with Gasteiger partial charge in [-0.15, -0.1) is 0 Å². The van der Waals surface area contributed by atoms with Gasteiger partial charge in [-0.2, -0.15) is 0 Å². The maximum absolute atomic E-state index is 14.1. The van der Waals surface area contributed by atoms with Crippen LogP contribution in [0.2, 0.25) is 0 Å². The third-order valence-electron chi connectivity index (χ3n) is 10.7. The van der Waals surface area contributed by atoms with Crippen molar-refractivity contribution in [2.75, 3.05) is 11.4 Å². The van der Waals surface area contributed by atoms with Crippen molar-refractivity contribution in [2.24, 2.45) is 17.8 Å². The molecule has 6 nitrogen and oxygen atoms in total. The number of nitrogens with zero attached hydrogens (tertiary/aromatic N) is 4. The third-order valence-corrected chi connectivity index (χ3v) is 10.7. The van der Waals surface area contributed by atoms with Gasteiger partial charge in [0.05, 0.1) is 17.1 Å². The van der Waals surface area contributed by atoms with Crippen LogP contribution in [0.15, 0.2) is 29.1 Å². The number of Topliss-reactive ketones (excluding diaryl/α,β-unsaturated/α-hetero) is 1. The van der Waals surface area contributed by atoms with Gasteiger partial charge in [-0.1, -0.05) is 25.5 Å². The molecular formula is C31H42N4O2. The topological polar surface area (TPSA) is 58.4 Å². The van der Waals surface area contributed by atoms with Gasteiger partial charge in [0, 0.05) is 30.7 Å². The van der Waals surface area contributed by atoms with Crippen LogP contribution in [0.1, 0.15) is 90.5 Å². The molecule has 0 radical (unpaired) electrons. The van der Waals surface area contributed by atoms with Crippen LogP contribution in [0.4, 0.5) is 5.82 Å². The number of benzene rings is 1. The zero-order valence-electron chi connectivity index (χ0n) is 22.5. The van der Waals surface area contributed by atoms with Crippen LogP contribution < -0.4 is 10.5 Å². The SMILES string of the molecule is CC(=O)[C@@H]1CCN1c1nc2ccccc2n([C@H]2C[C@H]3CCC[C@@H](C2)N3[C@H]2C[C@@H]3C[C@@H](C)C[C@@H](C3)C2)c1=O. The first-order valence-corrected chi connectivity index (χ1v) is 15.0. The van der Waals surface area contributed by atoms with Crippen molar-refractivity contribution in [1.29, 1.82) is 0 Å². The molecule has 3 saturated heterocycles. The monoisotopic (exact) mass is 502 g/mol. The highest BCUT2D eigenvalue weighted by molar-refractivity contribution is 5.87. The van der Waals surface area contributed by atoms with E-state index >= 15 is 0 Å². The Labute approximate surface area is 220 Å². The molecule has 2 saturated carbocycles. The molecule has 1 aromatic carbocycles. The van der Waals surface area contributed by atoms with Crippen molar-refractivity contribution < 1.29 is 4.79 Å². The van der Waals surface area contributed by atoms with E-state index in [4.69, 9.17) is 4.98 Å². The van der Waals surface area contributed by atoms with Crippen LogP contribution in [0.25, 0.3) is 11.0 Å². The van der Waals surface area contributed by atoms with E-state index in [1.807, 2.05) is 23.1 Å². The summed E-state index contributed by atoms with van der Waals surface area (Å²) in [5, 5.41) is 0. The van der Waals surface area contributed by atoms with Gasteiger partial charge in [0.1, 0.15) is 0 Å². The predicted octanol–water partition coefficient (Wildman–Crippen LogP) is 5.34. The number of piperidine rings is 2. The summed E-state index contributed by atoms with van der Waals surface area (Å²) in [6.07, 6.45) is 13.9. The summed E-state index contributed by atoms with van der Waals surface area (Å²) in [5.74, 6) is 3.36. The standard InChI is InChI=1S/C31H42N4O2/c1-19-12-21-14-22(13-19)16-25(15-21)34-23-6-5-7-24(34)18-26(17-23)35-29-9-4-3-8-27(29)32-30(31(35)37)33-11-10-28(33)20(2)36/h3-4,8-9,19,21-26,28H,5-7,10-18H2,1-2H3/t19-,21-,22+,23-,24+,25+,26+,28-/m0/s1. The van der Waals surface area contributed by atoms with E-state index in [9.17, 15) is 9.59 Å². The predicted molar refractivity (Wildman–Crippen MR) is 147 cm³/mol. The van der Waals surface area contributed by atoms with Crippen LogP contribution >= 0.6 is 0 Å². The van der Waals surface area contributed by atoms with E-state index in [-0.39, 0.29) is 23.4 Å². The summed E-state index contributed by atoms with van der Waals surface area (Å²) in [6, 6.07) is 10.0. The number of para-hydroxylation sites is 2. The number of anilines is 1. The summed E-state index contributed by atoms with van der Waals surface area (Å²) >= 11 is 0. The molecule has 4 heterocycles. The van der Waals surface area contributed by atoms with Gasteiger partial charge in [-0.3, -0.25) is 14.5 Å². The molecule has 0 amide bonds. The van der Waals surface area contributed by atoms with Crippen molar-refractivity contribution in [3.63, 3.8) is 0 Å². The highest BCUT2D eigenvalue weighted by Crippen LogP contribution is 2.48. The van der Waals surface area contributed by atoms with Crippen molar-refractivity contribution in [2.45, 2.75) is 115 Å². The molecule has 6 heteroatoms. The molecule has 37 heavy (non-hydrogen) atoms. The molecule has 8 atom stereocenters. The number of hydrogen-bond donors (Lipinski definition) is 0. The minimum absolute atomic E-state index is 0.00218. The lowest BCUT2D eigenvalue weighted by Gasteiger charge is -2.56. The van der Waals surface area contributed by atoms with Gasteiger partial charge in [0.25, 0.3) is 5.56 Å². The van der Waals surface area contributed by atoms with E-state index in [2.05, 4.69) is 22.5 Å². The normalized spacial score (nSPS) is 37.8. The van der Waals surface area contributed by atoms with Crippen molar-refractivity contribution in [3.8, 4) is 0 Å². The lowest BCUT2D eigenvalue weighted by atomic mass is 9.65. The number of carbonyl (C=O) groups excluding carboxylic acids is 1. The van der Waals surface area contributed by atoms with Crippen LogP contribution in [0.3, 0.4) is 0 Å². The Morgan fingerprint density at radius 3 is 2.22 bits per heavy atom. The molecule has 0 N–H and O–H groups in total. The van der Waals surface area contributed by atoms with Crippen LogP contribution in [-0.2, 0) is 4.79 Å². The second-order valence-corrected chi connectivity index (χ2v) is 13.2. The summed E-state index contributed by atoms with van der Waals surface area (Å²) in [5.41, 5.74) is 1.82. The molecular weight excluding hydrogens is 460 g/mol. The number of hydrogen-bond acceptors (Lipinski definition) is 5. The van der Waals surface area contributed by atoms with Crippen LogP contribution in [-0.4, -0.2) is 50.9 Å². The molecule has 0 unspecified atom stereocenters. The lowest BCUT2D eigenvalue weighted by Crippen LogP contribution is -2.59. The van der Waals surface area contributed by atoms with Gasteiger partial charge >= 0.3 is 0 Å². The zero-order valence-corrected chi connectivity index (χ0v) is 22.5. The Hall–Kier alpha value is -2.21. The number of carbonyl (C=O) groups is 1. The average Bonchev–Trinajstić information content (AvgIpc) is 2.82. The molecule has 0 spiro atoms. The molecule has 3 aliphatic heterocycles. The molecule has 1 aromatic heterocycles. The highest BCUT2D eigenvalue weighted by atomic mass is 16.1. The smallest absolute Gasteiger partial charge is 0.294 e. The Kier molecular flexibility index (Phi) is 5.95. The van der Waals surface area contributed by atoms with Crippen molar-refractivity contribution in [3.05, 3.63) is 34.6 Å². The Bertz CT molecular complexity index is 1220. The molecule has 4 bridgehead atoms. The Morgan fingerprint density at radius 1 is 0.865 bits per heavy atom. The first-order valence-electron chi connectivity index (χ1n) is 15.0. The second kappa shape index (κ2) is 9.21. The number of aromatic nitrogens is 2. The summed E-state index contributed by atoms with van der Waals surface area (Å²) in [7, 11) is 0. The Balaban J connectivity index is 1.22. The molecule has 2 aliphatic carbocycles. The van der Waals surface area contributed by atoms with Gasteiger partial charge in [-0.05, 0) is 101 Å². The zero-order chi connectivity index (χ0) is 25.3. The minimum Gasteiger partial charge on any atom is -0.342 e. The highest BCUT2D eigenvalue weighted by Gasteiger charge is 2.46. The van der Waals surface area contributed by atoms with Crippen LogP contribution in [0, 0.1) is 17.8 Å².